The summed E-state index contributed by atoms with van der Waals surface area (Å²) in [5.41, 5.74) is 1.69. The molecule has 3 aromatic rings. The van der Waals surface area contributed by atoms with Gasteiger partial charge in [0.1, 0.15) is 28.6 Å². The first-order valence-electron chi connectivity index (χ1n) is 6.65. The molecule has 0 unspecified atom stereocenters. The first-order valence-corrected chi connectivity index (χ1v) is 7.73. The molecule has 0 saturated heterocycles. The minimum atomic E-state index is 0.757. The molecule has 0 amide bonds. The number of fused-ring (bicyclic) bond motifs is 1. The third-order valence-corrected chi connectivity index (χ3v) is 4.52. The van der Waals surface area contributed by atoms with Gasteiger partial charge < -0.3 is 18.6 Å². The Morgan fingerprint density at radius 1 is 0.864 bits per heavy atom. The van der Waals surface area contributed by atoms with Crippen LogP contribution in [-0.2, 0) is 0 Å². The van der Waals surface area contributed by atoms with Crippen molar-refractivity contribution in [2.24, 2.45) is 0 Å². The SMILES string of the molecule is COc1ccc2cc(-c3cc(OC)c(I)c(OC)c3)oc2c1. The van der Waals surface area contributed by atoms with Crippen molar-refractivity contribution in [3.63, 3.8) is 0 Å². The molecule has 114 valence electrons. The third kappa shape index (κ3) is 2.61. The average Bonchev–Trinajstić information content (AvgIpc) is 2.97. The molecule has 0 aliphatic carbocycles. The number of benzene rings is 2. The lowest BCUT2D eigenvalue weighted by molar-refractivity contribution is 0.389. The van der Waals surface area contributed by atoms with Crippen LogP contribution in [0.25, 0.3) is 22.3 Å². The molecule has 4 nitrogen and oxygen atoms in total. The van der Waals surface area contributed by atoms with Gasteiger partial charge >= 0.3 is 0 Å². The zero-order valence-corrected chi connectivity index (χ0v) is 14.6. The molecule has 0 fully saturated rings. The summed E-state index contributed by atoms with van der Waals surface area (Å²) in [5, 5.41) is 1.02. The van der Waals surface area contributed by atoms with Crippen LogP contribution >= 0.6 is 22.6 Å². The minimum Gasteiger partial charge on any atom is -0.497 e. The quantitative estimate of drug-likeness (QED) is 0.584. The average molecular weight is 410 g/mol. The summed E-state index contributed by atoms with van der Waals surface area (Å²) in [6.45, 7) is 0. The Hall–Kier alpha value is -1.89. The number of hydrogen-bond donors (Lipinski definition) is 0. The van der Waals surface area contributed by atoms with Crippen molar-refractivity contribution in [1.29, 1.82) is 0 Å². The van der Waals surface area contributed by atoms with Crippen LogP contribution < -0.4 is 14.2 Å². The topological polar surface area (TPSA) is 40.8 Å². The maximum atomic E-state index is 5.94. The maximum Gasteiger partial charge on any atom is 0.138 e. The highest BCUT2D eigenvalue weighted by atomic mass is 127. The predicted molar refractivity (Wildman–Crippen MR) is 94.0 cm³/mol. The van der Waals surface area contributed by atoms with Crippen molar-refractivity contribution < 1.29 is 18.6 Å². The van der Waals surface area contributed by atoms with Crippen LogP contribution in [0.2, 0.25) is 0 Å². The number of halogens is 1. The summed E-state index contributed by atoms with van der Waals surface area (Å²) in [6, 6.07) is 11.6. The van der Waals surface area contributed by atoms with Crippen molar-refractivity contribution in [1.82, 2.24) is 0 Å². The third-order valence-electron chi connectivity index (χ3n) is 3.46. The summed E-state index contributed by atoms with van der Waals surface area (Å²) in [4.78, 5) is 0. The summed E-state index contributed by atoms with van der Waals surface area (Å²) in [7, 11) is 4.92. The largest absolute Gasteiger partial charge is 0.497 e. The van der Waals surface area contributed by atoms with Crippen molar-refractivity contribution in [2.45, 2.75) is 0 Å². The summed E-state index contributed by atoms with van der Waals surface area (Å²) >= 11 is 2.20. The van der Waals surface area contributed by atoms with Crippen LogP contribution in [0.4, 0.5) is 0 Å². The number of hydrogen-bond acceptors (Lipinski definition) is 4. The first kappa shape index (κ1) is 15.0. The molecule has 1 aromatic heterocycles. The standard InChI is InChI=1S/C17H15IO4/c1-19-12-5-4-10-6-13(22-14(10)9-12)11-7-15(20-2)17(18)16(8-11)21-3/h4-9H,1-3H3. The Kier molecular flexibility index (Phi) is 4.15. The smallest absolute Gasteiger partial charge is 0.138 e. The fourth-order valence-electron chi connectivity index (χ4n) is 2.29. The zero-order chi connectivity index (χ0) is 15.7. The van der Waals surface area contributed by atoms with E-state index >= 15 is 0 Å². The molecule has 0 spiro atoms. The van der Waals surface area contributed by atoms with E-state index in [1.54, 1.807) is 21.3 Å². The van der Waals surface area contributed by atoms with Gasteiger partial charge in [-0.2, -0.15) is 0 Å². The summed E-state index contributed by atoms with van der Waals surface area (Å²) in [5.74, 6) is 3.04. The first-order chi connectivity index (χ1) is 10.7. The lowest BCUT2D eigenvalue weighted by atomic mass is 10.1. The minimum absolute atomic E-state index is 0.757. The second-order valence-corrected chi connectivity index (χ2v) is 5.79. The van der Waals surface area contributed by atoms with Gasteiger partial charge in [0.25, 0.3) is 0 Å². The van der Waals surface area contributed by atoms with Crippen LogP contribution in [-0.4, -0.2) is 21.3 Å². The molecular weight excluding hydrogens is 395 g/mol. The molecule has 0 radical (unpaired) electrons. The van der Waals surface area contributed by atoms with E-state index in [0.29, 0.717) is 0 Å². The second-order valence-electron chi connectivity index (χ2n) is 4.71. The van der Waals surface area contributed by atoms with Gasteiger partial charge in [0.05, 0.1) is 24.9 Å². The highest BCUT2D eigenvalue weighted by Gasteiger charge is 2.14. The zero-order valence-electron chi connectivity index (χ0n) is 12.5. The Labute approximate surface area is 142 Å². The Morgan fingerprint density at radius 3 is 2.14 bits per heavy atom. The van der Waals surface area contributed by atoms with Crippen LogP contribution in [0.1, 0.15) is 0 Å². The second kappa shape index (κ2) is 6.08. The lowest BCUT2D eigenvalue weighted by Gasteiger charge is -2.10. The van der Waals surface area contributed by atoms with E-state index in [0.717, 1.165) is 43.1 Å². The van der Waals surface area contributed by atoms with E-state index in [1.165, 1.54) is 0 Å². The molecule has 0 atom stereocenters. The fraction of sp³-hybridized carbons (Fsp3) is 0.176. The van der Waals surface area contributed by atoms with Crippen molar-refractivity contribution in [2.75, 3.05) is 21.3 Å². The van der Waals surface area contributed by atoms with Crippen LogP contribution in [0.15, 0.2) is 40.8 Å². The van der Waals surface area contributed by atoms with Gasteiger partial charge in [-0.1, -0.05) is 0 Å². The fourth-order valence-corrected chi connectivity index (χ4v) is 3.04. The monoisotopic (exact) mass is 410 g/mol. The van der Waals surface area contributed by atoms with E-state index in [4.69, 9.17) is 18.6 Å². The molecular formula is C17H15IO4. The molecule has 0 aliphatic heterocycles. The van der Waals surface area contributed by atoms with E-state index in [1.807, 2.05) is 36.4 Å². The summed E-state index contributed by atoms with van der Waals surface area (Å²) < 4.78 is 22.9. The molecule has 3 rings (SSSR count). The van der Waals surface area contributed by atoms with Crippen LogP contribution in [0.5, 0.6) is 17.2 Å². The highest BCUT2D eigenvalue weighted by Crippen LogP contribution is 2.38. The van der Waals surface area contributed by atoms with Gasteiger partial charge in [0.2, 0.25) is 0 Å². The maximum absolute atomic E-state index is 5.94. The molecule has 2 aromatic carbocycles. The van der Waals surface area contributed by atoms with Crippen molar-refractivity contribution in [3.05, 3.63) is 40.0 Å². The number of methoxy groups -OCH3 is 3. The Balaban J connectivity index is 2.14. The van der Waals surface area contributed by atoms with Crippen molar-refractivity contribution in [3.8, 4) is 28.6 Å². The molecule has 0 aliphatic rings. The normalized spacial score (nSPS) is 10.7. The van der Waals surface area contributed by atoms with Gasteiger partial charge in [0.15, 0.2) is 0 Å². The molecule has 0 bridgehead atoms. The van der Waals surface area contributed by atoms with E-state index in [9.17, 15) is 0 Å². The number of rotatable bonds is 4. The molecule has 1 heterocycles. The number of furan rings is 1. The van der Waals surface area contributed by atoms with Crippen LogP contribution in [0.3, 0.4) is 0 Å². The highest BCUT2D eigenvalue weighted by molar-refractivity contribution is 14.1. The summed E-state index contributed by atoms with van der Waals surface area (Å²) in [6.07, 6.45) is 0. The molecule has 22 heavy (non-hydrogen) atoms. The Morgan fingerprint density at radius 2 is 1.55 bits per heavy atom. The van der Waals surface area contributed by atoms with Gasteiger partial charge in [-0.05, 0) is 52.9 Å². The van der Waals surface area contributed by atoms with E-state index in [-0.39, 0.29) is 0 Å². The number of ether oxygens (including phenoxy) is 3. The van der Waals surface area contributed by atoms with E-state index in [2.05, 4.69) is 22.6 Å². The van der Waals surface area contributed by atoms with E-state index < -0.39 is 0 Å². The molecule has 0 saturated carbocycles. The molecule has 0 N–H and O–H groups in total. The van der Waals surface area contributed by atoms with Gasteiger partial charge in [-0.15, -0.1) is 0 Å². The molecule has 5 heteroatoms. The van der Waals surface area contributed by atoms with Crippen molar-refractivity contribution >= 4 is 33.6 Å². The Bertz CT molecular complexity index is 798. The predicted octanol–water partition coefficient (Wildman–Crippen LogP) is 4.73. The van der Waals surface area contributed by atoms with Crippen LogP contribution in [0, 0.1) is 3.57 Å². The van der Waals surface area contributed by atoms with Gasteiger partial charge in [-0.25, -0.2) is 0 Å². The van der Waals surface area contributed by atoms with Gasteiger partial charge in [0, 0.05) is 17.0 Å². The lowest BCUT2D eigenvalue weighted by Crippen LogP contribution is -1.93. The van der Waals surface area contributed by atoms with Gasteiger partial charge in [-0.3, -0.25) is 0 Å².